The van der Waals surface area contributed by atoms with E-state index < -0.39 is 6.03 Å². The van der Waals surface area contributed by atoms with Crippen molar-refractivity contribution in [1.82, 2.24) is 14.7 Å². The summed E-state index contributed by atoms with van der Waals surface area (Å²) in [5.74, 6) is -0.455. The van der Waals surface area contributed by atoms with Crippen LogP contribution in [-0.4, -0.2) is 59.2 Å². The molecular formula is C19H25N3O3. The summed E-state index contributed by atoms with van der Waals surface area (Å²) in [4.78, 5) is 41.2. The van der Waals surface area contributed by atoms with Crippen molar-refractivity contribution in [3.63, 3.8) is 0 Å². The highest BCUT2D eigenvalue weighted by Crippen LogP contribution is 2.33. The van der Waals surface area contributed by atoms with E-state index in [2.05, 4.69) is 26.0 Å². The number of hydrogen-bond donors (Lipinski definition) is 0. The molecule has 25 heavy (non-hydrogen) atoms. The first-order valence-electron chi connectivity index (χ1n) is 8.81. The van der Waals surface area contributed by atoms with E-state index >= 15 is 0 Å². The summed E-state index contributed by atoms with van der Waals surface area (Å²) in [6.45, 7) is 4.72. The maximum absolute atomic E-state index is 12.9. The lowest BCUT2D eigenvalue weighted by Crippen LogP contribution is -2.46. The zero-order valence-corrected chi connectivity index (χ0v) is 15.1. The summed E-state index contributed by atoms with van der Waals surface area (Å²) in [6.07, 6.45) is 2.94. The van der Waals surface area contributed by atoms with Gasteiger partial charge < -0.3 is 9.80 Å². The minimum Gasteiger partial charge on any atom is -0.334 e. The van der Waals surface area contributed by atoms with Gasteiger partial charge in [-0.25, -0.2) is 4.79 Å². The first-order valence-corrected chi connectivity index (χ1v) is 8.81. The van der Waals surface area contributed by atoms with Crippen LogP contribution in [0.5, 0.6) is 0 Å². The molecule has 0 radical (unpaired) electrons. The number of likely N-dealkylation sites (tertiary alicyclic amines) is 1. The Bertz CT molecular complexity index is 716. The van der Waals surface area contributed by atoms with E-state index in [-0.39, 0.29) is 30.9 Å². The Hall–Kier alpha value is -2.37. The second-order valence-electron chi connectivity index (χ2n) is 7.01. The van der Waals surface area contributed by atoms with Crippen molar-refractivity contribution in [2.24, 2.45) is 0 Å². The Balaban J connectivity index is 1.81. The van der Waals surface area contributed by atoms with Gasteiger partial charge in [-0.15, -0.1) is 0 Å². The van der Waals surface area contributed by atoms with Crippen LogP contribution in [0, 0.1) is 13.8 Å². The van der Waals surface area contributed by atoms with E-state index in [1.54, 1.807) is 7.05 Å². The van der Waals surface area contributed by atoms with Gasteiger partial charge >= 0.3 is 6.03 Å². The van der Waals surface area contributed by atoms with Gasteiger partial charge in [0.05, 0.1) is 6.04 Å². The van der Waals surface area contributed by atoms with E-state index in [9.17, 15) is 14.4 Å². The summed E-state index contributed by atoms with van der Waals surface area (Å²) in [7, 11) is 1.57. The van der Waals surface area contributed by atoms with Gasteiger partial charge in [-0.1, -0.05) is 18.2 Å². The molecule has 0 N–H and O–H groups in total. The van der Waals surface area contributed by atoms with Gasteiger partial charge in [-0.3, -0.25) is 14.5 Å². The Morgan fingerprint density at radius 1 is 1.20 bits per heavy atom. The molecule has 1 aromatic carbocycles. The highest BCUT2D eigenvalue weighted by Gasteiger charge is 2.37. The number of carbonyl (C=O) groups excluding carboxylic acids is 3. The molecule has 2 fully saturated rings. The molecule has 6 nitrogen and oxygen atoms in total. The SMILES string of the molecule is Cc1cccc(C2CCCCN2C(=O)CN2C(=O)CN(C)C2=O)c1C. The van der Waals surface area contributed by atoms with Crippen LogP contribution in [-0.2, 0) is 9.59 Å². The molecule has 2 heterocycles. The summed E-state index contributed by atoms with van der Waals surface area (Å²) in [6, 6.07) is 5.81. The third-order valence-electron chi connectivity index (χ3n) is 5.35. The smallest absolute Gasteiger partial charge is 0.327 e. The van der Waals surface area contributed by atoms with Crippen molar-refractivity contribution < 1.29 is 14.4 Å². The number of piperidine rings is 1. The Kier molecular flexibility index (Phi) is 4.79. The lowest BCUT2D eigenvalue weighted by molar-refractivity contribution is -0.139. The molecule has 3 rings (SSSR count). The van der Waals surface area contributed by atoms with Crippen LogP contribution in [0.4, 0.5) is 4.79 Å². The van der Waals surface area contributed by atoms with Crippen LogP contribution < -0.4 is 0 Å². The Morgan fingerprint density at radius 3 is 2.64 bits per heavy atom. The largest absolute Gasteiger partial charge is 0.334 e. The third-order valence-corrected chi connectivity index (χ3v) is 5.35. The van der Waals surface area contributed by atoms with Crippen LogP contribution in [0.1, 0.15) is 42.0 Å². The molecule has 134 valence electrons. The van der Waals surface area contributed by atoms with Gasteiger partial charge in [0, 0.05) is 13.6 Å². The Morgan fingerprint density at radius 2 is 1.96 bits per heavy atom. The van der Waals surface area contributed by atoms with Gasteiger partial charge in [0.25, 0.3) is 5.91 Å². The van der Waals surface area contributed by atoms with E-state index in [1.807, 2.05) is 11.0 Å². The van der Waals surface area contributed by atoms with E-state index in [1.165, 1.54) is 21.6 Å². The molecular weight excluding hydrogens is 318 g/mol. The van der Waals surface area contributed by atoms with Crippen LogP contribution in [0.25, 0.3) is 0 Å². The number of imide groups is 1. The number of urea groups is 1. The van der Waals surface area contributed by atoms with E-state index in [4.69, 9.17) is 0 Å². The summed E-state index contributed by atoms with van der Waals surface area (Å²) < 4.78 is 0. The highest BCUT2D eigenvalue weighted by atomic mass is 16.2. The minimum absolute atomic E-state index is 0.0201. The number of nitrogens with zero attached hydrogens (tertiary/aromatic N) is 3. The van der Waals surface area contributed by atoms with Crippen molar-refractivity contribution in [2.45, 2.75) is 39.2 Å². The van der Waals surface area contributed by atoms with Crippen molar-refractivity contribution in [1.29, 1.82) is 0 Å². The summed E-state index contributed by atoms with van der Waals surface area (Å²) >= 11 is 0. The number of hydrogen-bond acceptors (Lipinski definition) is 3. The molecule has 0 aliphatic carbocycles. The zero-order chi connectivity index (χ0) is 18.1. The maximum atomic E-state index is 12.9. The molecule has 1 unspecified atom stereocenters. The maximum Gasteiger partial charge on any atom is 0.327 e. The van der Waals surface area contributed by atoms with E-state index in [0.717, 1.165) is 24.2 Å². The van der Waals surface area contributed by atoms with Crippen molar-refractivity contribution in [3.05, 3.63) is 34.9 Å². The average molecular weight is 343 g/mol. The van der Waals surface area contributed by atoms with Crippen molar-refractivity contribution >= 4 is 17.8 Å². The predicted octanol–water partition coefficient (Wildman–Crippen LogP) is 2.25. The fraction of sp³-hybridized carbons (Fsp3) is 0.526. The molecule has 2 aliphatic rings. The number of aryl methyl sites for hydroxylation is 1. The van der Waals surface area contributed by atoms with Gasteiger partial charge in [0.1, 0.15) is 13.1 Å². The van der Waals surface area contributed by atoms with E-state index in [0.29, 0.717) is 6.54 Å². The van der Waals surface area contributed by atoms with Crippen LogP contribution >= 0.6 is 0 Å². The van der Waals surface area contributed by atoms with Gasteiger partial charge in [-0.05, 0) is 49.8 Å². The molecule has 1 atom stereocenters. The fourth-order valence-electron chi connectivity index (χ4n) is 3.74. The Labute approximate surface area is 148 Å². The summed E-state index contributed by atoms with van der Waals surface area (Å²) in [5, 5.41) is 0. The standard InChI is InChI=1S/C19H25N3O3/c1-13-7-6-8-15(14(13)2)16-9-4-5-10-21(16)18(24)12-22-17(23)11-20(3)19(22)25/h6-8,16H,4-5,9-12H2,1-3H3. The van der Waals surface area contributed by atoms with Crippen LogP contribution in [0.3, 0.4) is 0 Å². The number of likely N-dealkylation sites (N-methyl/N-ethyl adjacent to an activating group) is 1. The quantitative estimate of drug-likeness (QED) is 0.791. The molecule has 0 spiro atoms. The van der Waals surface area contributed by atoms with Crippen molar-refractivity contribution in [2.75, 3.05) is 26.7 Å². The topological polar surface area (TPSA) is 60.9 Å². The number of rotatable bonds is 3. The van der Waals surface area contributed by atoms with Gasteiger partial charge in [0.2, 0.25) is 5.91 Å². The third kappa shape index (κ3) is 3.25. The van der Waals surface area contributed by atoms with Crippen LogP contribution in [0.15, 0.2) is 18.2 Å². The average Bonchev–Trinajstić information content (AvgIpc) is 2.83. The lowest BCUT2D eigenvalue weighted by Gasteiger charge is -2.37. The van der Waals surface area contributed by atoms with Gasteiger partial charge in [-0.2, -0.15) is 0 Å². The molecule has 4 amide bonds. The molecule has 2 saturated heterocycles. The molecule has 6 heteroatoms. The van der Waals surface area contributed by atoms with Crippen molar-refractivity contribution in [3.8, 4) is 0 Å². The summed E-state index contributed by atoms with van der Waals surface area (Å²) in [5.41, 5.74) is 3.59. The normalized spacial score (nSPS) is 21.2. The second-order valence-corrected chi connectivity index (χ2v) is 7.01. The lowest BCUT2D eigenvalue weighted by atomic mass is 9.90. The van der Waals surface area contributed by atoms with Gasteiger partial charge in [0.15, 0.2) is 0 Å². The highest BCUT2D eigenvalue weighted by molar-refractivity contribution is 6.04. The molecule has 0 bridgehead atoms. The number of benzene rings is 1. The molecule has 0 aromatic heterocycles. The number of carbonyl (C=O) groups is 3. The van der Waals surface area contributed by atoms with Crippen LogP contribution in [0.2, 0.25) is 0 Å². The molecule has 1 aromatic rings. The predicted molar refractivity (Wildman–Crippen MR) is 94.0 cm³/mol. The fourth-order valence-corrected chi connectivity index (χ4v) is 3.74. The first-order chi connectivity index (χ1) is 11.9. The second kappa shape index (κ2) is 6.86. The minimum atomic E-state index is -0.390. The monoisotopic (exact) mass is 343 g/mol. The molecule has 0 saturated carbocycles. The first kappa shape index (κ1) is 17.5. The molecule has 2 aliphatic heterocycles. The number of amides is 4. The zero-order valence-electron chi connectivity index (χ0n) is 15.1.